The predicted molar refractivity (Wildman–Crippen MR) is 127 cm³/mol. The van der Waals surface area contributed by atoms with Crippen LogP contribution in [0.3, 0.4) is 0 Å². The average Bonchev–Trinajstić information content (AvgIpc) is 3.22. The van der Waals surface area contributed by atoms with Gasteiger partial charge < -0.3 is 15.8 Å². The average molecular weight is 454 g/mol. The van der Waals surface area contributed by atoms with E-state index in [4.69, 9.17) is 10.5 Å². The van der Waals surface area contributed by atoms with Gasteiger partial charge in [-0.1, -0.05) is 49.2 Å². The fourth-order valence-electron chi connectivity index (χ4n) is 4.92. The number of morpholine rings is 1. The van der Waals surface area contributed by atoms with Gasteiger partial charge in [0.2, 0.25) is 5.91 Å². The number of rotatable bonds is 6. The summed E-state index contributed by atoms with van der Waals surface area (Å²) < 4.78 is 5.53. The maximum atomic E-state index is 13.0. The Bertz CT molecular complexity index is 821. The van der Waals surface area contributed by atoms with E-state index in [1.54, 1.807) is 0 Å². The number of carbonyl (C=O) groups is 1. The Balaban J connectivity index is 0.00000160. The highest BCUT2D eigenvalue weighted by atomic mass is 35.5. The Morgan fingerprint density at radius 2 is 1.73 bits per heavy atom. The number of nitrogens with one attached hydrogen (secondary N) is 1. The smallest absolute Gasteiger partial charge is 0.222 e. The summed E-state index contributed by atoms with van der Waals surface area (Å²) in [4.78, 5) is 15.5. The largest absolute Gasteiger partial charge is 0.379 e. The van der Waals surface area contributed by atoms with E-state index in [1.807, 2.05) is 12.1 Å². The van der Waals surface area contributed by atoms with Gasteiger partial charge in [-0.2, -0.15) is 0 Å². The lowest BCUT2D eigenvalue weighted by Gasteiger charge is -2.43. The molecule has 0 bridgehead atoms. The van der Waals surface area contributed by atoms with Gasteiger partial charge in [-0.3, -0.25) is 9.69 Å². The molecule has 1 heterocycles. The molecule has 166 valence electrons. The van der Waals surface area contributed by atoms with E-state index in [0.717, 1.165) is 44.7 Å². The minimum atomic E-state index is -0.153. The van der Waals surface area contributed by atoms with Gasteiger partial charge in [-0.15, -0.1) is 24.8 Å². The van der Waals surface area contributed by atoms with Crippen molar-refractivity contribution < 1.29 is 9.53 Å². The monoisotopic (exact) mass is 453 g/mol. The quantitative estimate of drug-likeness (QED) is 0.696. The first-order valence-corrected chi connectivity index (χ1v) is 10.5. The van der Waals surface area contributed by atoms with Crippen molar-refractivity contribution >= 4 is 41.5 Å². The second kappa shape index (κ2) is 11.3. The number of hydrogen-bond donors (Lipinski definition) is 2. The number of halogens is 2. The fraction of sp³-hybridized carbons (Fsp3) is 0.522. The number of amides is 1. The molecule has 7 heteroatoms. The molecule has 1 amide bonds. The molecule has 1 atom stereocenters. The van der Waals surface area contributed by atoms with Gasteiger partial charge in [0.05, 0.1) is 19.3 Å². The second-order valence-electron chi connectivity index (χ2n) is 8.17. The fourth-order valence-corrected chi connectivity index (χ4v) is 4.92. The van der Waals surface area contributed by atoms with Crippen molar-refractivity contribution in [2.45, 2.75) is 43.7 Å². The van der Waals surface area contributed by atoms with Gasteiger partial charge in [-0.05, 0) is 35.2 Å². The normalized spacial score (nSPS) is 19.5. The lowest BCUT2D eigenvalue weighted by Crippen LogP contribution is -2.54. The van der Waals surface area contributed by atoms with Crippen LogP contribution in [0, 0.1) is 0 Å². The van der Waals surface area contributed by atoms with Gasteiger partial charge in [-0.25, -0.2) is 0 Å². The zero-order valence-corrected chi connectivity index (χ0v) is 19.0. The molecule has 0 aromatic heterocycles. The third-order valence-electron chi connectivity index (χ3n) is 6.45. The molecule has 2 aromatic carbocycles. The standard InChI is InChI=1S/C23H31N3O2.2ClH/c24-17-21(20-8-7-18-5-1-2-6-19(18)15-20)25-22(27)16-23(9-3-4-10-23)26-11-13-28-14-12-26;;/h1-2,5-8,15,21H,3-4,9-14,16-17,24H2,(H,25,27);2*1H. The number of nitrogens with two attached hydrogens (primary N) is 1. The zero-order valence-electron chi connectivity index (χ0n) is 17.3. The summed E-state index contributed by atoms with van der Waals surface area (Å²) >= 11 is 0. The van der Waals surface area contributed by atoms with Crippen LogP contribution in [0.4, 0.5) is 0 Å². The van der Waals surface area contributed by atoms with Gasteiger partial charge in [0.15, 0.2) is 0 Å². The van der Waals surface area contributed by atoms with E-state index in [1.165, 1.54) is 23.6 Å². The van der Waals surface area contributed by atoms with Crippen LogP contribution in [0.2, 0.25) is 0 Å². The number of nitrogens with zero attached hydrogens (tertiary/aromatic N) is 1. The van der Waals surface area contributed by atoms with E-state index in [0.29, 0.717) is 13.0 Å². The number of fused-ring (bicyclic) bond motifs is 1. The van der Waals surface area contributed by atoms with Crippen molar-refractivity contribution in [3.8, 4) is 0 Å². The summed E-state index contributed by atoms with van der Waals surface area (Å²) in [5.41, 5.74) is 7.11. The highest BCUT2D eigenvalue weighted by molar-refractivity contribution is 5.86. The Hall–Kier alpha value is -1.37. The van der Waals surface area contributed by atoms with Crippen LogP contribution in [0.25, 0.3) is 10.8 Å². The van der Waals surface area contributed by atoms with E-state index in [2.05, 4.69) is 40.5 Å². The first kappa shape index (κ1) is 24.9. The Kier molecular flexibility index (Phi) is 9.38. The molecular formula is C23H33Cl2N3O2. The molecule has 1 saturated carbocycles. The Morgan fingerprint density at radius 3 is 2.40 bits per heavy atom. The topological polar surface area (TPSA) is 67.6 Å². The van der Waals surface area contributed by atoms with Crippen molar-refractivity contribution in [3.63, 3.8) is 0 Å². The minimum Gasteiger partial charge on any atom is -0.379 e. The van der Waals surface area contributed by atoms with Crippen LogP contribution in [0.5, 0.6) is 0 Å². The molecule has 4 rings (SSSR count). The number of hydrogen-bond acceptors (Lipinski definition) is 4. The molecule has 1 unspecified atom stereocenters. The highest BCUT2D eigenvalue weighted by Gasteiger charge is 2.41. The number of carbonyl (C=O) groups excluding carboxylic acids is 1. The first-order chi connectivity index (χ1) is 13.7. The molecule has 2 aromatic rings. The SMILES string of the molecule is Cl.Cl.NCC(NC(=O)CC1(N2CCOCC2)CCCC1)c1ccc2ccccc2c1. The van der Waals surface area contributed by atoms with Crippen LogP contribution >= 0.6 is 24.8 Å². The maximum Gasteiger partial charge on any atom is 0.222 e. The van der Waals surface area contributed by atoms with Crippen molar-refractivity contribution in [1.82, 2.24) is 10.2 Å². The molecule has 0 spiro atoms. The molecule has 1 aliphatic carbocycles. The van der Waals surface area contributed by atoms with Crippen molar-refractivity contribution in [3.05, 3.63) is 48.0 Å². The molecule has 5 nitrogen and oxygen atoms in total. The molecular weight excluding hydrogens is 421 g/mol. The van der Waals surface area contributed by atoms with Gasteiger partial charge in [0.25, 0.3) is 0 Å². The lowest BCUT2D eigenvalue weighted by molar-refractivity contribution is -0.126. The van der Waals surface area contributed by atoms with Crippen molar-refractivity contribution in [1.29, 1.82) is 0 Å². The Morgan fingerprint density at radius 1 is 1.07 bits per heavy atom. The molecule has 2 aliphatic rings. The van der Waals surface area contributed by atoms with Crippen molar-refractivity contribution in [2.24, 2.45) is 5.73 Å². The summed E-state index contributed by atoms with van der Waals surface area (Å²) in [5, 5.41) is 5.59. The van der Waals surface area contributed by atoms with Gasteiger partial charge in [0, 0.05) is 31.6 Å². The molecule has 1 aliphatic heterocycles. The van der Waals surface area contributed by atoms with Crippen molar-refractivity contribution in [2.75, 3.05) is 32.8 Å². The number of ether oxygens (including phenoxy) is 1. The Labute approximate surface area is 191 Å². The predicted octanol–water partition coefficient (Wildman–Crippen LogP) is 3.83. The van der Waals surface area contributed by atoms with Crippen LogP contribution < -0.4 is 11.1 Å². The summed E-state index contributed by atoms with van der Waals surface area (Å²) in [6.45, 7) is 3.79. The highest BCUT2D eigenvalue weighted by Crippen LogP contribution is 2.38. The number of benzene rings is 2. The van der Waals surface area contributed by atoms with Gasteiger partial charge >= 0.3 is 0 Å². The van der Waals surface area contributed by atoms with E-state index < -0.39 is 0 Å². The third kappa shape index (κ3) is 5.45. The first-order valence-electron chi connectivity index (χ1n) is 10.5. The maximum absolute atomic E-state index is 13.0. The second-order valence-corrected chi connectivity index (χ2v) is 8.17. The summed E-state index contributed by atoms with van der Waals surface area (Å²) in [7, 11) is 0. The minimum absolute atomic E-state index is 0. The van der Waals surface area contributed by atoms with Gasteiger partial charge in [0.1, 0.15) is 0 Å². The zero-order chi connectivity index (χ0) is 19.4. The van der Waals surface area contributed by atoms with E-state index in [9.17, 15) is 4.79 Å². The van der Waals surface area contributed by atoms with Crippen LogP contribution in [-0.2, 0) is 9.53 Å². The molecule has 1 saturated heterocycles. The molecule has 30 heavy (non-hydrogen) atoms. The molecule has 0 radical (unpaired) electrons. The van der Waals surface area contributed by atoms with Crippen LogP contribution in [-0.4, -0.2) is 49.2 Å². The van der Waals surface area contributed by atoms with E-state index in [-0.39, 0.29) is 42.3 Å². The van der Waals surface area contributed by atoms with Crippen LogP contribution in [0.1, 0.15) is 43.7 Å². The third-order valence-corrected chi connectivity index (χ3v) is 6.45. The lowest BCUT2D eigenvalue weighted by atomic mass is 9.89. The summed E-state index contributed by atoms with van der Waals surface area (Å²) in [6.07, 6.45) is 5.16. The molecule has 3 N–H and O–H groups in total. The summed E-state index contributed by atoms with van der Waals surface area (Å²) in [5.74, 6) is 0.108. The van der Waals surface area contributed by atoms with Crippen LogP contribution in [0.15, 0.2) is 42.5 Å². The summed E-state index contributed by atoms with van der Waals surface area (Å²) in [6, 6.07) is 14.4. The molecule has 2 fully saturated rings. The van der Waals surface area contributed by atoms with E-state index >= 15 is 0 Å².